The molecule has 0 fully saturated rings. The average Bonchev–Trinajstić information content (AvgIpc) is 3.60. The van der Waals surface area contributed by atoms with Gasteiger partial charge in [0.1, 0.15) is 23.3 Å². The van der Waals surface area contributed by atoms with Crippen LogP contribution in [-0.4, -0.2) is 28.6 Å². The molecule has 0 saturated carbocycles. The van der Waals surface area contributed by atoms with E-state index < -0.39 is 0 Å². The zero-order chi connectivity index (χ0) is 25.8. The quantitative estimate of drug-likeness (QED) is 0.186. The van der Waals surface area contributed by atoms with Crippen molar-refractivity contribution >= 4 is 45.5 Å². The predicted molar refractivity (Wildman–Crippen MR) is 144 cm³/mol. The third-order valence-corrected chi connectivity index (χ3v) is 6.46. The molecule has 0 spiro atoms. The maximum atomic E-state index is 9.71. The third kappa shape index (κ3) is 5.39. The Balaban J connectivity index is 1.37. The van der Waals surface area contributed by atoms with Crippen LogP contribution < -0.4 is 15.4 Å². The van der Waals surface area contributed by atoms with Crippen LogP contribution >= 0.6 is 23.2 Å². The van der Waals surface area contributed by atoms with Gasteiger partial charge in [-0.25, -0.2) is 4.98 Å². The van der Waals surface area contributed by atoms with Gasteiger partial charge in [0, 0.05) is 42.4 Å². The van der Waals surface area contributed by atoms with Gasteiger partial charge >= 0.3 is 0 Å². The molecular weight excluding hydrogens is 511 g/mol. The molecule has 0 aliphatic heterocycles. The van der Waals surface area contributed by atoms with Gasteiger partial charge in [0.05, 0.1) is 58.2 Å². The summed E-state index contributed by atoms with van der Waals surface area (Å²) < 4.78 is 11.4. The molecule has 8 nitrogen and oxygen atoms in total. The van der Waals surface area contributed by atoms with Crippen molar-refractivity contribution in [2.45, 2.75) is 13.0 Å². The number of ether oxygens (including phenoxy) is 1. The lowest BCUT2D eigenvalue weighted by Crippen LogP contribution is -2.16. The largest absolute Gasteiger partial charge is 0.495 e. The van der Waals surface area contributed by atoms with Crippen molar-refractivity contribution in [2.75, 3.05) is 19.0 Å². The van der Waals surface area contributed by atoms with Crippen molar-refractivity contribution in [1.29, 1.82) is 5.26 Å². The number of aromatic nitrogens is 3. The molecule has 0 atom stereocenters. The van der Waals surface area contributed by atoms with Crippen LogP contribution in [-0.2, 0) is 13.0 Å². The Bertz CT molecular complexity index is 1590. The Morgan fingerprint density at radius 1 is 1.11 bits per heavy atom. The summed E-state index contributed by atoms with van der Waals surface area (Å²) in [6.07, 6.45) is 5.94. The van der Waals surface area contributed by atoms with Crippen molar-refractivity contribution < 1.29 is 9.15 Å². The lowest BCUT2D eigenvalue weighted by atomic mass is 10.1. The Labute approximate surface area is 223 Å². The number of nitriles is 1. The lowest BCUT2D eigenvalue weighted by molar-refractivity contribution is 0.415. The second-order valence-electron chi connectivity index (χ2n) is 8.24. The molecule has 186 valence electrons. The first-order valence-corrected chi connectivity index (χ1v) is 12.2. The number of methoxy groups -OCH3 is 1. The van der Waals surface area contributed by atoms with Crippen molar-refractivity contribution in [3.63, 3.8) is 0 Å². The first-order chi connectivity index (χ1) is 18.1. The number of hydrogen-bond acceptors (Lipinski definition) is 7. The Morgan fingerprint density at radius 2 is 2.00 bits per heavy atom. The van der Waals surface area contributed by atoms with E-state index in [2.05, 4.69) is 31.7 Å². The molecule has 0 aliphatic rings. The number of aromatic amines is 1. The highest BCUT2D eigenvalue weighted by atomic mass is 35.5. The molecule has 3 N–H and O–H groups in total. The molecule has 0 bridgehead atoms. The van der Waals surface area contributed by atoms with Gasteiger partial charge in [-0.1, -0.05) is 29.3 Å². The van der Waals surface area contributed by atoms with E-state index in [-0.39, 0.29) is 0 Å². The number of nitrogens with one attached hydrogen (secondary N) is 3. The van der Waals surface area contributed by atoms with E-state index in [1.807, 2.05) is 36.5 Å². The van der Waals surface area contributed by atoms with E-state index >= 15 is 0 Å². The molecule has 37 heavy (non-hydrogen) atoms. The first kappa shape index (κ1) is 24.7. The van der Waals surface area contributed by atoms with Crippen molar-refractivity contribution in [3.8, 4) is 23.1 Å². The minimum absolute atomic E-state index is 0.381. The summed E-state index contributed by atoms with van der Waals surface area (Å²) in [6.45, 7) is 1.41. The minimum atomic E-state index is 0.381. The van der Waals surface area contributed by atoms with Gasteiger partial charge < -0.3 is 24.8 Å². The highest BCUT2D eigenvalue weighted by molar-refractivity contribution is 6.37. The number of pyridine rings is 1. The summed E-state index contributed by atoms with van der Waals surface area (Å²) in [4.78, 5) is 11.7. The molecule has 5 aromatic rings. The third-order valence-electron chi connectivity index (χ3n) is 5.85. The summed E-state index contributed by atoms with van der Waals surface area (Å²) >= 11 is 12.6. The Hall–Kier alpha value is -4.03. The van der Waals surface area contributed by atoms with Gasteiger partial charge in [-0.3, -0.25) is 4.98 Å². The predicted octanol–water partition coefficient (Wildman–Crippen LogP) is 6.48. The van der Waals surface area contributed by atoms with E-state index in [0.29, 0.717) is 44.8 Å². The maximum absolute atomic E-state index is 9.71. The molecule has 3 heterocycles. The number of imidazole rings is 1. The number of benzene rings is 2. The fraction of sp³-hybridized carbons (Fsp3) is 0.148. The normalized spacial score (nSPS) is 11.0. The van der Waals surface area contributed by atoms with E-state index in [1.54, 1.807) is 18.5 Å². The minimum Gasteiger partial charge on any atom is -0.495 e. The van der Waals surface area contributed by atoms with Crippen LogP contribution in [0, 0.1) is 11.3 Å². The van der Waals surface area contributed by atoms with Crippen LogP contribution in [0.15, 0.2) is 65.6 Å². The number of furan rings is 1. The van der Waals surface area contributed by atoms with Crippen LogP contribution in [0.4, 0.5) is 11.4 Å². The molecule has 3 aromatic heterocycles. The number of H-pyrrole nitrogens is 1. The van der Waals surface area contributed by atoms with E-state index in [4.69, 9.17) is 32.4 Å². The highest BCUT2D eigenvalue weighted by Crippen LogP contribution is 2.38. The second-order valence-corrected chi connectivity index (χ2v) is 9.05. The molecule has 0 unspecified atom stereocenters. The molecule has 0 amide bonds. The molecule has 0 radical (unpaired) electrons. The molecule has 0 saturated heterocycles. The maximum Gasteiger partial charge on any atom is 0.139 e. The van der Waals surface area contributed by atoms with Crippen molar-refractivity contribution in [3.05, 3.63) is 88.2 Å². The van der Waals surface area contributed by atoms with E-state index in [1.165, 1.54) is 13.3 Å². The monoisotopic (exact) mass is 532 g/mol. The topological polar surface area (TPSA) is 112 Å². The molecule has 5 rings (SSSR count). The fourth-order valence-corrected chi connectivity index (χ4v) is 4.47. The summed E-state index contributed by atoms with van der Waals surface area (Å²) in [6, 6.07) is 15.2. The van der Waals surface area contributed by atoms with Crippen LogP contribution in [0.25, 0.3) is 22.2 Å². The number of nitrogens with zero attached hydrogens (tertiary/aromatic N) is 3. The number of anilines is 2. The smallest absolute Gasteiger partial charge is 0.139 e. The van der Waals surface area contributed by atoms with Crippen LogP contribution in [0.5, 0.6) is 5.75 Å². The highest BCUT2D eigenvalue weighted by Gasteiger charge is 2.15. The van der Waals surface area contributed by atoms with Crippen LogP contribution in [0.3, 0.4) is 0 Å². The van der Waals surface area contributed by atoms with Gasteiger partial charge in [-0.05, 0) is 30.3 Å². The van der Waals surface area contributed by atoms with Gasteiger partial charge in [0.15, 0.2) is 0 Å². The summed E-state index contributed by atoms with van der Waals surface area (Å²) in [5.41, 5.74) is 4.13. The molecule has 10 heteroatoms. The summed E-state index contributed by atoms with van der Waals surface area (Å²) in [7, 11) is 1.53. The Morgan fingerprint density at radius 3 is 2.78 bits per heavy atom. The summed E-state index contributed by atoms with van der Waals surface area (Å²) in [5, 5.41) is 17.9. The molecule has 2 aromatic carbocycles. The molecular formula is C27H22Cl2N6O2. The Kier molecular flexibility index (Phi) is 7.28. The fourth-order valence-electron chi connectivity index (χ4n) is 3.97. The van der Waals surface area contributed by atoms with E-state index in [9.17, 15) is 5.26 Å². The number of halogens is 2. The number of rotatable bonds is 9. The van der Waals surface area contributed by atoms with Gasteiger partial charge in [0.2, 0.25) is 0 Å². The first-order valence-electron chi connectivity index (χ1n) is 11.5. The lowest BCUT2D eigenvalue weighted by Gasteiger charge is -2.15. The van der Waals surface area contributed by atoms with Crippen LogP contribution in [0.2, 0.25) is 10.0 Å². The van der Waals surface area contributed by atoms with Crippen LogP contribution in [0.1, 0.15) is 17.0 Å². The zero-order valence-corrected chi connectivity index (χ0v) is 21.3. The van der Waals surface area contributed by atoms with Gasteiger partial charge in [0.25, 0.3) is 0 Å². The average molecular weight is 533 g/mol. The number of fused-ring (bicyclic) bond motifs is 1. The SMILES string of the molecule is COc1cc(Nc2c(C#N)cnc3cc(-c4ccc(CNCCc5c[nH]cn5)o4)ccc23)c(Cl)cc1Cl. The van der Waals surface area contributed by atoms with Crippen molar-refractivity contribution in [1.82, 2.24) is 20.3 Å². The summed E-state index contributed by atoms with van der Waals surface area (Å²) in [5.74, 6) is 2.03. The van der Waals surface area contributed by atoms with E-state index in [0.717, 1.165) is 41.1 Å². The van der Waals surface area contributed by atoms with Crippen molar-refractivity contribution in [2.24, 2.45) is 0 Å². The van der Waals surface area contributed by atoms with Gasteiger partial charge in [-0.15, -0.1) is 0 Å². The molecule has 0 aliphatic carbocycles. The second kappa shape index (κ2) is 10.9. The number of hydrogen-bond donors (Lipinski definition) is 3. The zero-order valence-electron chi connectivity index (χ0n) is 19.8. The van der Waals surface area contributed by atoms with Gasteiger partial charge in [-0.2, -0.15) is 5.26 Å². The standard InChI is InChI=1S/C27H22Cl2N6O2/c1-36-26-10-24(21(28)9-22(26)29)35-27-17(11-30)12-33-23-8-16(2-4-20(23)27)25-5-3-19(37-25)14-31-7-6-18-13-32-15-34-18/h2-5,8-10,12-13,15,31H,6-7,14H2,1H3,(H,32,34)(H,33,35).